The van der Waals surface area contributed by atoms with Crippen molar-refractivity contribution < 1.29 is 32.6 Å². The van der Waals surface area contributed by atoms with E-state index in [1.807, 2.05) is 6.92 Å². The third-order valence-corrected chi connectivity index (χ3v) is 3.66. The molecule has 2 aromatic carbocycles. The van der Waals surface area contributed by atoms with Gasteiger partial charge < -0.3 is 15.2 Å². The van der Waals surface area contributed by atoms with Gasteiger partial charge >= 0.3 is 5.97 Å². The SMILES string of the molecule is CCCOc1ccc(CCC(=O)O)cc1NC(=O)c1ccc(F)c(F)c1F. The molecular weight excluding hydrogens is 363 g/mol. The van der Waals surface area contributed by atoms with Crippen molar-refractivity contribution in [3.63, 3.8) is 0 Å². The van der Waals surface area contributed by atoms with Crippen LogP contribution in [0.1, 0.15) is 35.7 Å². The first-order valence-corrected chi connectivity index (χ1v) is 8.25. The maximum Gasteiger partial charge on any atom is 0.303 e. The van der Waals surface area contributed by atoms with E-state index in [9.17, 15) is 22.8 Å². The summed E-state index contributed by atoms with van der Waals surface area (Å²) in [5.41, 5.74) is 0.133. The molecule has 0 aromatic heterocycles. The molecule has 1 amide bonds. The molecule has 27 heavy (non-hydrogen) atoms. The van der Waals surface area contributed by atoms with E-state index < -0.39 is 34.9 Å². The van der Waals surface area contributed by atoms with Gasteiger partial charge in [0.2, 0.25) is 0 Å². The van der Waals surface area contributed by atoms with Gasteiger partial charge in [-0.15, -0.1) is 0 Å². The van der Waals surface area contributed by atoms with Crippen LogP contribution in [0.4, 0.5) is 18.9 Å². The number of anilines is 1. The van der Waals surface area contributed by atoms with Crippen LogP contribution < -0.4 is 10.1 Å². The van der Waals surface area contributed by atoms with Gasteiger partial charge in [0.25, 0.3) is 5.91 Å². The fourth-order valence-corrected chi connectivity index (χ4v) is 2.31. The molecule has 144 valence electrons. The van der Waals surface area contributed by atoms with E-state index in [-0.39, 0.29) is 18.5 Å². The van der Waals surface area contributed by atoms with Crippen LogP contribution in [0.2, 0.25) is 0 Å². The number of amides is 1. The molecule has 0 spiro atoms. The fraction of sp³-hybridized carbons (Fsp3) is 0.263. The van der Waals surface area contributed by atoms with Crippen molar-refractivity contribution in [1.29, 1.82) is 0 Å². The Kier molecular flexibility index (Phi) is 6.81. The summed E-state index contributed by atoms with van der Waals surface area (Å²) in [7, 11) is 0. The van der Waals surface area contributed by atoms with Crippen LogP contribution in [-0.2, 0) is 11.2 Å². The van der Waals surface area contributed by atoms with Gasteiger partial charge in [0.1, 0.15) is 5.75 Å². The van der Waals surface area contributed by atoms with Crippen LogP contribution in [0.5, 0.6) is 5.75 Å². The van der Waals surface area contributed by atoms with Gasteiger partial charge in [-0.3, -0.25) is 9.59 Å². The summed E-state index contributed by atoms with van der Waals surface area (Å²) in [5.74, 6) is -6.39. The molecule has 2 N–H and O–H groups in total. The maximum absolute atomic E-state index is 13.8. The zero-order chi connectivity index (χ0) is 20.0. The summed E-state index contributed by atoms with van der Waals surface area (Å²) in [6, 6.07) is 6.21. The highest BCUT2D eigenvalue weighted by molar-refractivity contribution is 6.05. The largest absolute Gasteiger partial charge is 0.491 e. The molecule has 8 heteroatoms. The van der Waals surface area contributed by atoms with E-state index in [0.29, 0.717) is 30.4 Å². The highest BCUT2D eigenvalue weighted by Crippen LogP contribution is 2.28. The van der Waals surface area contributed by atoms with Gasteiger partial charge in [0, 0.05) is 6.42 Å². The van der Waals surface area contributed by atoms with Crippen LogP contribution in [0, 0.1) is 17.5 Å². The number of hydrogen-bond donors (Lipinski definition) is 2. The topological polar surface area (TPSA) is 75.6 Å². The molecule has 0 unspecified atom stereocenters. The standard InChI is InChI=1S/C19H18F3NO4/c1-2-9-27-15-7-3-11(4-8-16(24)25)10-14(15)23-19(26)12-5-6-13(20)18(22)17(12)21/h3,5-7,10H,2,4,8-9H2,1H3,(H,23,26)(H,24,25). The Balaban J connectivity index is 2.30. The molecule has 5 nitrogen and oxygen atoms in total. The summed E-state index contributed by atoms with van der Waals surface area (Å²) in [5, 5.41) is 11.2. The molecule has 0 saturated heterocycles. The molecule has 0 saturated carbocycles. The highest BCUT2D eigenvalue weighted by Gasteiger charge is 2.20. The molecule has 0 aliphatic rings. The van der Waals surface area contributed by atoms with Crippen molar-refractivity contribution in [3.05, 3.63) is 58.9 Å². The monoisotopic (exact) mass is 381 g/mol. The number of nitrogens with one attached hydrogen (secondary N) is 1. The van der Waals surface area contributed by atoms with Crippen molar-refractivity contribution >= 4 is 17.6 Å². The third-order valence-electron chi connectivity index (χ3n) is 3.66. The van der Waals surface area contributed by atoms with E-state index in [0.717, 1.165) is 6.07 Å². The fourth-order valence-electron chi connectivity index (χ4n) is 2.31. The molecule has 2 aromatic rings. The summed E-state index contributed by atoms with van der Waals surface area (Å²) in [6.07, 6.45) is 0.804. The predicted octanol–water partition coefficient (Wildman–Crippen LogP) is 4.16. The molecule has 0 atom stereocenters. The molecular formula is C19H18F3NO4. The van der Waals surface area contributed by atoms with Gasteiger partial charge in [-0.05, 0) is 42.7 Å². The lowest BCUT2D eigenvalue weighted by atomic mass is 10.1. The lowest BCUT2D eigenvalue weighted by Gasteiger charge is -2.14. The average Bonchev–Trinajstić information content (AvgIpc) is 2.63. The van der Waals surface area contributed by atoms with Crippen molar-refractivity contribution in [1.82, 2.24) is 0 Å². The number of hydrogen-bond acceptors (Lipinski definition) is 3. The molecule has 0 fully saturated rings. The van der Waals surface area contributed by atoms with Crippen molar-refractivity contribution in [2.45, 2.75) is 26.2 Å². The number of carbonyl (C=O) groups is 2. The number of aryl methyl sites for hydroxylation is 1. The average molecular weight is 381 g/mol. The molecule has 0 aliphatic carbocycles. The van der Waals surface area contributed by atoms with Crippen LogP contribution in [0.25, 0.3) is 0 Å². The zero-order valence-electron chi connectivity index (χ0n) is 14.5. The molecule has 0 aliphatic heterocycles. The van der Waals surface area contributed by atoms with E-state index in [4.69, 9.17) is 9.84 Å². The van der Waals surface area contributed by atoms with Crippen LogP contribution >= 0.6 is 0 Å². The molecule has 0 heterocycles. The van der Waals surface area contributed by atoms with Crippen molar-refractivity contribution in [2.75, 3.05) is 11.9 Å². The van der Waals surface area contributed by atoms with E-state index in [1.54, 1.807) is 12.1 Å². The summed E-state index contributed by atoms with van der Waals surface area (Å²) >= 11 is 0. The normalized spacial score (nSPS) is 10.5. The number of carboxylic acid groups (broad SMARTS) is 1. The predicted molar refractivity (Wildman–Crippen MR) is 92.5 cm³/mol. The second-order valence-corrected chi connectivity index (χ2v) is 5.75. The van der Waals surface area contributed by atoms with E-state index >= 15 is 0 Å². The molecule has 2 rings (SSSR count). The van der Waals surface area contributed by atoms with Gasteiger partial charge in [-0.1, -0.05) is 13.0 Å². The maximum atomic E-state index is 13.8. The first-order chi connectivity index (χ1) is 12.8. The molecule has 0 bridgehead atoms. The second kappa shape index (κ2) is 9.07. The number of carbonyl (C=O) groups excluding carboxylic acids is 1. The highest BCUT2D eigenvalue weighted by atomic mass is 19.2. The smallest absolute Gasteiger partial charge is 0.303 e. The zero-order valence-corrected chi connectivity index (χ0v) is 14.5. The van der Waals surface area contributed by atoms with Crippen LogP contribution in [-0.4, -0.2) is 23.6 Å². The Hall–Kier alpha value is -3.03. The Bertz CT molecular complexity index is 855. The Labute approximate surface area is 153 Å². The van der Waals surface area contributed by atoms with Crippen LogP contribution in [0.15, 0.2) is 30.3 Å². The van der Waals surface area contributed by atoms with E-state index in [1.165, 1.54) is 6.07 Å². The number of aliphatic carboxylic acids is 1. The van der Waals surface area contributed by atoms with Crippen LogP contribution in [0.3, 0.4) is 0 Å². The number of benzene rings is 2. The van der Waals surface area contributed by atoms with Gasteiger partial charge in [-0.2, -0.15) is 0 Å². The number of halogens is 3. The number of carboxylic acids is 1. The Morgan fingerprint density at radius 3 is 2.52 bits per heavy atom. The summed E-state index contributed by atoms with van der Waals surface area (Å²) < 4.78 is 45.8. The van der Waals surface area contributed by atoms with Gasteiger partial charge in [0.05, 0.1) is 17.9 Å². The third kappa shape index (κ3) is 5.22. The summed E-state index contributed by atoms with van der Waals surface area (Å²) in [6.45, 7) is 2.24. The Morgan fingerprint density at radius 2 is 1.85 bits per heavy atom. The summed E-state index contributed by atoms with van der Waals surface area (Å²) in [4.78, 5) is 23.0. The van der Waals surface area contributed by atoms with Gasteiger partial charge in [-0.25, -0.2) is 13.2 Å². The Morgan fingerprint density at radius 1 is 1.11 bits per heavy atom. The minimum atomic E-state index is -1.74. The minimum absolute atomic E-state index is 0.111. The second-order valence-electron chi connectivity index (χ2n) is 5.75. The number of ether oxygens (including phenoxy) is 1. The van der Waals surface area contributed by atoms with E-state index in [2.05, 4.69) is 5.32 Å². The molecule has 0 radical (unpaired) electrons. The lowest BCUT2D eigenvalue weighted by Crippen LogP contribution is -2.16. The quantitative estimate of drug-likeness (QED) is 0.673. The van der Waals surface area contributed by atoms with Crippen molar-refractivity contribution in [2.24, 2.45) is 0 Å². The first-order valence-electron chi connectivity index (χ1n) is 8.25. The number of rotatable bonds is 8. The van der Waals surface area contributed by atoms with Gasteiger partial charge in [0.15, 0.2) is 17.5 Å². The van der Waals surface area contributed by atoms with Crippen molar-refractivity contribution in [3.8, 4) is 5.75 Å². The first kappa shape index (κ1) is 20.3. The lowest BCUT2D eigenvalue weighted by molar-refractivity contribution is -0.136. The minimum Gasteiger partial charge on any atom is -0.491 e.